The summed E-state index contributed by atoms with van der Waals surface area (Å²) in [7, 11) is 0. The van der Waals surface area contributed by atoms with Gasteiger partial charge in [-0.3, -0.25) is 9.59 Å². The molecule has 1 amide bonds. The Morgan fingerprint density at radius 3 is 2.20 bits per heavy atom. The molecular formula is C25H23NO4. The Morgan fingerprint density at radius 1 is 0.800 bits per heavy atom. The molecule has 0 atom stereocenters. The first-order valence-corrected chi connectivity index (χ1v) is 9.64. The summed E-state index contributed by atoms with van der Waals surface area (Å²) < 4.78 is 5.16. The van der Waals surface area contributed by atoms with Gasteiger partial charge in [0.25, 0.3) is 5.91 Å². The van der Waals surface area contributed by atoms with Crippen molar-refractivity contribution in [1.29, 1.82) is 0 Å². The Balaban J connectivity index is 1.67. The fraction of sp³-hybridized carbons (Fsp3) is 0.160. The van der Waals surface area contributed by atoms with Crippen molar-refractivity contribution in [2.24, 2.45) is 0 Å². The number of ether oxygens (including phenoxy) is 1. The summed E-state index contributed by atoms with van der Waals surface area (Å²) in [6.07, 6.45) is 0. The quantitative estimate of drug-likeness (QED) is 0.480. The van der Waals surface area contributed by atoms with Crippen molar-refractivity contribution in [2.45, 2.75) is 20.4 Å². The molecule has 0 radical (unpaired) electrons. The number of nitrogens with one attached hydrogen (secondary N) is 1. The second kappa shape index (κ2) is 9.65. The molecule has 0 aliphatic carbocycles. The van der Waals surface area contributed by atoms with E-state index in [1.165, 1.54) is 6.07 Å². The average Bonchev–Trinajstić information content (AvgIpc) is 2.78. The van der Waals surface area contributed by atoms with E-state index in [0.717, 1.165) is 16.7 Å². The third-order valence-corrected chi connectivity index (χ3v) is 4.70. The van der Waals surface area contributed by atoms with E-state index in [-0.39, 0.29) is 16.9 Å². The SMILES string of the molecule is Cc1ccc(C)c(C(=O)c2ccccc2C(=O)OCC(=O)NCc2ccccc2)c1. The zero-order valence-electron chi connectivity index (χ0n) is 17.0. The topological polar surface area (TPSA) is 72.5 Å². The van der Waals surface area contributed by atoms with E-state index in [2.05, 4.69) is 5.32 Å². The summed E-state index contributed by atoms with van der Waals surface area (Å²) in [5.41, 5.74) is 3.66. The highest BCUT2D eigenvalue weighted by Gasteiger charge is 2.21. The molecule has 0 spiro atoms. The Hall–Kier alpha value is -3.73. The van der Waals surface area contributed by atoms with Crippen LogP contribution in [-0.4, -0.2) is 24.3 Å². The predicted molar refractivity (Wildman–Crippen MR) is 114 cm³/mol. The average molecular weight is 401 g/mol. The Labute approximate surface area is 175 Å². The van der Waals surface area contributed by atoms with Gasteiger partial charge in [0, 0.05) is 17.7 Å². The number of amides is 1. The third-order valence-electron chi connectivity index (χ3n) is 4.70. The Kier molecular flexibility index (Phi) is 6.75. The normalized spacial score (nSPS) is 10.3. The van der Waals surface area contributed by atoms with Gasteiger partial charge in [0.05, 0.1) is 5.56 Å². The maximum absolute atomic E-state index is 13.1. The van der Waals surface area contributed by atoms with Gasteiger partial charge >= 0.3 is 5.97 Å². The number of benzene rings is 3. The number of esters is 1. The Bertz CT molecular complexity index is 1070. The molecule has 0 saturated carbocycles. The van der Waals surface area contributed by atoms with E-state index in [0.29, 0.717) is 12.1 Å². The zero-order chi connectivity index (χ0) is 21.5. The van der Waals surface area contributed by atoms with Gasteiger partial charge in [-0.25, -0.2) is 4.79 Å². The molecule has 30 heavy (non-hydrogen) atoms. The van der Waals surface area contributed by atoms with Crippen molar-refractivity contribution in [3.63, 3.8) is 0 Å². The van der Waals surface area contributed by atoms with Crippen LogP contribution in [0, 0.1) is 13.8 Å². The van der Waals surface area contributed by atoms with Gasteiger partial charge in [0.15, 0.2) is 12.4 Å². The van der Waals surface area contributed by atoms with Gasteiger partial charge in [0.2, 0.25) is 0 Å². The molecule has 5 heteroatoms. The second-order valence-electron chi connectivity index (χ2n) is 7.03. The standard InChI is InChI=1S/C25H23NO4/c1-17-12-13-18(2)22(14-17)24(28)20-10-6-7-11-21(20)25(29)30-16-23(27)26-15-19-8-4-3-5-9-19/h3-14H,15-16H2,1-2H3,(H,26,27). The molecule has 0 bridgehead atoms. The van der Waals surface area contributed by atoms with E-state index in [1.807, 2.05) is 56.3 Å². The molecular weight excluding hydrogens is 378 g/mol. The van der Waals surface area contributed by atoms with Crippen molar-refractivity contribution in [3.05, 3.63) is 106 Å². The minimum Gasteiger partial charge on any atom is -0.452 e. The number of rotatable bonds is 7. The number of carbonyl (C=O) groups is 3. The molecule has 5 nitrogen and oxygen atoms in total. The summed E-state index contributed by atoms with van der Waals surface area (Å²) in [5.74, 6) is -1.37. The first-order chi connectivity index (χ1) is 14.5. The lowest BCUT2D eigenvalue weighted by Gasteiger charge is -2.11. The highest BCUT2D eigenvalue weighted by Crippen LogP contribution is 2.19. The number of aryl methyl sites for hydroxylation is 2. The summed E-state index contributed by atoms with van der Waals surface area (Å²) in [6, 6.07) is 21.5. The lowest BCUT2D eigenvalue weighted by atomic mass is 9.94. The lowest BCUT2D eigenvalue weighted by Crippen LogP contribution is -2.28. The van der Waals surface area contributed by atoms with E-state index >= 15 is 0 Å². The summed E-state index contributed by atoms with van der Waals surface area (Å²) in [6.45, 7) is 3.69. The van der Waals surface area contributed by atoms with Gasteiger partial charge in [0.1, 0.15) is 0 Å². The highest BCUT2D eigenvalue weighted by molar-refractivity contribution is 6.15. The first kappa shape index (κ1) is 21.0. The first-order valence-electron chi connectivity index (χ1n) is 9.64. The zero-order valence-corrected chi connectivity index (χ0v) is 17.0. The van der Waals surface area contributed by atoms with Crippen LogP contribution in [0.3, 0.4) is 0 Å². The van der Waals surface area contributed by atoms with Crippen molar-refractivity contribution >= 4 is 17.7 Å². The number of carbonyl (C=O) groups excluding carboxylic acids is 3. The van der Waals surface area contributed by atoms with E-state index in [1.54, 1.807) is 24.3 Å². The van der Waals surface area contributed by atoms with Gasteiger partial charge in [-0.2, -0.15) is 0 Å². The van der Waals surface area contributed by atoms with Gasteiger partial charge in [-0.15, -0.1) is 0 Å². The monoisotopic (exact) mass is 401 g/mol. The molecule has 0 aromatic heterocycles. The van der Waals surface area contributed by atoms with Gasteiger partial charge < -0.3 is 10.1 Å². The van der Waals surface area contributed by atoms with E-state index in [9.17, 15) is 14.4 Å². The van der Waals surface area contributed by atoms with Gasteiger partial charge in [-0.1, -0.05) is 66.2 Å². The van der Waals surface area contributed by atoms with Crippen LogP contribution in [0.15, 0.2) is 72.8 Å². The summed E-state index contributed by atoms with van der Waals surface area (Å²) in [5, 5.41) is 2.70. The van der Waals surface area contributed by atoms with Crippen molar-refractivity contribution < 1.29 is 19.1 Å². The van der Waals surface area contributed by atoms with Crippen LogP contribution >= 0.6 is 0 Å². The maximum Gasteiger partial charge on any atom is 0.339 e. The van der Waals surface area contributed by atoms with E-state index in [4.69, 9.17) is 4.74 Å². The molecule has 0 aliphatic heterocycles. The molecule has 3 aromatic rings. The Morgan fingerprint density at radius 2 is 1.47 bits per heavy atom. The van der Waals surface area contributed by atoms with Crippen LogP contribution < -0.4 is 5.32 Å². The van der Waals surface area contributed by atoms with Crippen LogP contribution in [0.4, 0.5) is 0 Å². The predicted octanol–water partition coefficient (Wildman–Crippen LogP) is 4.01. The van der Waals surface area contributed by atoms with Crippen LogP contribution in [-0.2, 0) is 16.1 Å². The minimum atomic E-state index is -0.709. The van der Waals surface area contributed by atoms with Crippen molar-refractivity contribution in [2.75, 3.05) is 6.61 Å². The third kappa shape index (κ3) is 5.20. The van der Waals surface area contributed by atoms with E-state index < -0.39 is 18.5 Å². The van der Waals surface area contributed by atoms with Crippen LogP contribution in [0.25, 0.3) is 0 Å². The largest absolute Gasteiger partial charge is 0.452 e. The highest BCUT2D eigenvalue weighted by atomic mass is 16.5. The fourth-order valence-corrected chi connectivity index (χ4v) is 3.04. The smallest absolute Gasteiger partial charge is 0.339 e. The van der Waals surface area contributed by atoms with Crippen molar-refractivity contribution in [1.82, 2.24) is 5.32 Å². The number of hydrogen-bond acceptors (Lipinski definition) is 4. The molecule has 0 aliphatic rings. The van der Waals surface area contributed by atoms with Crippen LogP contribution in [0.1, 0.15) is 43.0 Å². The summed E-state index contributed by atoms with van der Waals surface area (Å²) in [4.78, 5) is 37.7. The van der Waals surface area contributed by atoms with Gasteiger partial charge in [-0.05, 0) is 37.1 Å². The molecule has 0 heterocycles. The number of ketones is 1. The van der Waals surface area contributed by atoms with Crippen LogP contribution in [0.5, 0.6) is 0 Å². The molecule has 3 aromatic carbocycles. The lowest BCUT2D eigenvalue weighted by molar-refractivity contribution is -0.124. The molecule has 3 rings (SSSR count). The molecule has 0 fully saturated rings. The van der Waals surface area contributed by atoms with Crippen molar-refractivity contribution in [3.8, 4) is 0 Å². The fourth-order valence-electron chi connectivity index (χ4n) is 3.04. The minimum absolute atomic E-state index is 0.138. The maximum atomic E-state index is 13.1. The second-order valence-corrected chi connectivity index (χ2v) is 7.03. The molecule has 0 saturated heterocycles. The van der Waals surface area contributed by atoms with Crippen LogP contribution in [0.2, 0.25) is 0 Å². The number of hydrogen-bond donors (Lipinski definition) is 1. The summed E-state index contributed by atoms with van der Waals surface area (Å²) >= 11 is 0. The molecule has 0 unspecified atom stereocenters. The molecule has 1 N–H and O–H groups in total. The molecule has 152 valence electrons.